The van der Waals surface area contributed by atoms with Crippen LogP contribution in [0.1, 0.15) is 12.6 Å². The number of anilines is 3. The SMILES string of the molecule is Cc1cc(Nc2ncn(-c3ccccc3C)n2)cc(N2CCN(C3COC3)CC2)c1.[HH]. The van der Waals surface area contributed by atoms with Crippen LogP contribution in [0, 0.1) is 13.8 Å². The number of aromatic nitrogens is 3. The molecule has 2 aliphatic rings. The van der Waals surface area contributed by atoms with E-state index in [1.165, 1.54) is 16.8 Å². The Labute approximate surface area is 178 Å². The molecule has 3 heterocycles. The van der Waals surface area contributed by atoms with Crippen molar-refractivity contribution in [1.82, 2.24) is 19.7 Å². The van der Waals surface area contributed by atoms with Crippen molar-refractivity contribution in [3.63, 3.8) is 0 Å². The van der Waals surface area contributed by atoms with E-state index in [0.717, 1.165) is 50.8 Å². The van der Waals surface area contributed by atoms with Crippen LogP contribution in [0.2, 0.25) is 0 Å². The van der Waals surface area contributed by atoms with Crippen LogP contribution < -0.4 is 10.2 Å². The fraction of sp³-hybridized carbons (Fsp3) is 0.391. The fourth-order valence-electron chi connectivity index (χ4n) is 4.18. The second-order valence-electron chi connectivity index (χ2n) is 8.20. The van der Waals surface area contributed by atoms with E-state index >= 15 is 0 Å². The summed E-state index contributed by atoms with van der Waals surface area (Å²) in [4.78, 5) is 9.47. The molecule has 1 aromatic heterocycles. The van der Waals surface area contributed by atoms with Gasteiger partial charge in [0.15, 0.2) is 0 Å². The molecule has 0 bridgehead atoms. The highest BCUT2D eigenvalue weighted by Crippen LogP contribution is 2.26. The number of hydrogen-bond acceptors (Lipinski definition) is 6. The molecule has 0 unspecified atom stereocenters. The maximum atomic E-state index is 5.35. The molecule has 2 aliphatic heterocycles. The Kier molecular flexibility index (Phi) is 5.14. The number of para-hydroxylation sites is 1. The number of aryl methyl sites for hydroxylation is 2. The minimum absolute atomic E-state index is 0. The maximum absolute atomic E-state index is 5.35. The van der Waals surface area contributed by atoms with Gasteiger partial charge in [0.25, 0.3) is 0 Å². The van der Waals surface area contributed by atoms with Crippen LogP contribution in [-0.2, 0) is 4.74 Å². The lowest BCUT2D eigenvalue weighted by atomic mass is 10.1. The second-order valence-corrected chi connectivity index (χ2v) is 8.20. The summed E-state index contributed by atoms with van der Waals surface area (Å²) in [6.07, 6.45) is 1.75. The largest absolute Gasteiger partial charge is 0.378 e. The van der Waals surface area contributed by atoms with Gasteiger partial charge >= 0.3 is 0 Å². The number of benzene rings is 2. The Bertz CT molecular complexity index is 1030. The first-order valence-corrected chi connectivity index (χ1v) is 10.6. The average molecular weight is 407 g/mol. The van der Waals surface area contributed by atoms with E-state index in [-0.39, 0.29) is 1.43 Å². The molecule has 0 radical (unpaired) electrons. The summed E-state index contributed by atoms with van der Waals surface area (Å²) in [6, 6.07) is 15.4. The van der Waals surface area contributed by atoms with E-state index in [4.69, 9.17) is 4.74 Å². The molecule has 0 spiro atoms. The molecule has 0 amide bonds. The number of hydrogen-bond donors (Lipinski definition) is 1. The third kappa shape index (κ3) is 3.91. The zero-order valence-electron chi connectivity index (χ0n) is 17.6. The standard InChI is InChI=1S/C23H28N6O.H2/c1-17-11-19(25-23-24-16-29(26-23)22-6-4-3-5-18(22)2)13-20(12-17)27-7-9-28(10-8-27)21-14-30-15-21;/h3-6,11-13,16,21H,7-10,14-15H2,1-2H3,(H,25,26);1H. The van der Waals surface area contributed by atoms with Gasteiger partial charge in [0.1, 0.15) is 6.33 Å². The lowest BCUT2D eigenvalue weighted by molar-refractivity contribution is -0.0660. The highest BCUT2D eigenvalue weighted by Gasteiger charge is 2.29. The first-order chi connectivity index (χ1) is 14.7. The van der Waals surface area contributed by atoms with E-state index in [2.05, 4.69) is 63.3 Å². The van der Waals surface area contributed by atoms with Crippen LogP contribution in [-0.4, -0.2) is 65.1 Å². The van der Waals surface area contributed by atoms with Crippen LogP contribution in [0.3, 0.4) is 0 Å². The van der Waals surface area contributed by atoms with Gasteiger partial charge in [-0.05, 0) is 49.2 Å². The smallest absolute Gasteiger partial charge is 0.246 e. The molecule has 7 nitrogen and oxygen atoms in total. The normalized spacial score (nSPS) is 17.7. The van der Waals surface area contributed by atoms with Crippen molar-refractivity contribution in [3.8, 4) is 5.69 Å². The molecule has 0 saturated carbocycles. The Balaban J connectivity index is 0.00000231. The Morgan fingerprint density at radius 1 is 1.03 bits per heavy atom. The summed E-state index contributed by atoms with van der Waals surface area (Å²) in [5, 5.41) is 8.00. The van der Waals surface area contributed by atoms with Gasteiger partial charge in [-0.3, -0.25) is 4.90 Å². The van der Waals surface area contributed by atoms with Crippen LogP contribution >= 0.6 is 0 Å². The summed E-state index contributed by atoms with van der Waals surface area (Å²) in [5.41, 5.74) is 5.70. The van der Waals surface area contributed by atoms with E-state index in [0.29, 0.717) is 12.0 Å². The fourth-order valence-corrected chi connectivity index (χ4v) is 4.18. The van der Waals surface area contributed by atoms with E-state index in [9.17, 15) is 0 Å². The highest BCUT2D eigenvalue weighted by atomic mass is 16.5. The first-order valence-electron chi connectivity index (χ1n) is 10.6. The van der Waals surface area contributed by atoms with Crippen LogP contribution in [0.5, 0.6) is 0 Å². The Morgan fingerprint density at radius 3 is 2.57 bits per heavy atom. The second kappa shape index (κ2) is 8.08. The van der Waals surface area contributed by atoms with Crippen LogP contribution in [0.15, 0.2) is 48.8 Å². The van der Waals surface area contributed by atoms with Crippen molar-refractivity contribution in [1.29, 1.82) is 0 Å². The van der Waals surface area contributed by atoms with Gasteiger partial charge in [-0.2, -0.15) is 4.98 Å². The number of rotatable bonds is 5. The molecule has 2 fully saturated rings. The predicted octanol–water partition coefficient (Wildman–Crippen LogP) is 3.39. The Morgan fingerprint density at radius 2 is 1.83 bits per heavy atom. The molecular weight excluding hydrogens is 376 g/mol. The van der Waals surface area contributed by atoms with Gasteiger partial charge in [-0.15, -0.1) is 5.10 Å². The molecule has 1 N–H and O–H groups in total. The third-order valence-electron chi connectivity index (χ3n) is 5.99. The molecular formula is C23H30N6O. The van der Waals surface area contributed by atoms with Crippen molar-refractivity contribution in [2.75, 3.05) is 49.6 Å². The van der Waals surface area contributed by atoms with Crippen LogP contribution in [0.25, 0.3) is 5.69 Å². The quantitative estimate of drug-likeness (QED) is 0.701. The summed E-state index contributed by atoms with van der Waals surface area (Å²) >= 11 is 0. The molecule has 7 heteroatoms. The van der Waals surface area contributed by atoms with E-state index in [1.807, 2.05) is 22.9 Å². The van der Waals surface area contributed by atoms with Crippen LogP contribution in [0.4, 0.5) is 17.3 Å². The number of nitrogens with one attached hydrogen (secondary N) is 1. The molecule has 3 aromatic rings. The monoisotopic (exact) mass is 406 g/mol. The summed E-state index contributed by atoms with van der Waals surface area (Å²) in [6.45, 7) is 10.3. The predicted molar refractivity (Wildman–Crippen MR) is 121 cm³/mol. The van der Waals surface area contributed by atoms with Crippen molar-refractivity contribution in [2.45, 2.75) is 19.9 Å². The number of piperazine rings is 1. The Hall–Kier alpha value is -2.90. The molecule has 2 aromatic carbocycles. The first kappa shape index (κ1) is 19.1. The third-order valence-corrected chi connectivity index (χ3v) is 5.99. The van der Waals surface area contributed by atoms with E-state index < -0.39 is 0 Å². The lowest BCUT2D eigenvalue weighted by Gasteiger charge is -2.43. The molecule has 0 atom stereocenters. The van der Waals surface area contributed by atoms with Crippen molar-refractivity contribution in [2.24, 2.45) is 0 Å². The van der Waals surface area contributed by atoms with Gasteiger partial charge < -0.3 is 15.0 Å². The number of nitrogens with zero attached hydrogens (tertiary/aromatic N) is 5. The van der Waals surface area contributed by atoms with Gasteiger partial charge in [0, 0.05) is 39.0 Å². The average Bonchev–Trinajstić information content (AvgIpc) is 3.15. The van der Waals surface area contributed by atoms with E-state index in [1.54, 1.807) is 6.33 Å². The topological polar surface area (TPSA) is 58.5 Å². The summed E-state index contributed by atoms with van der Waals surface area (Å²) in [5.74, 6) is 0.601. The number of ether oxygens (including phenoxy) is 1. The molecule has 30 heavy (non-hydrogen) atoms. The van der Waals surface area contributed by atoms with Gasteiger partial charge in [-0.1, -0.05) is 18.2 Å². The van der Waals surface area contributed by atoms with Crippen molar-refractivity contribution in [3.05, 3.63) is 59.9 Å². The molecule has 158 valence electrons. The van der Waals surface area contributed by atoms with Gasteiger partial charge in [-0.25, -0.2) is 4.68 Å². The minimum Gasteiger partial charge on any atom is -0.378 e. The lowest BCUT2D eigenvalue weighted by Crippen LogP contribution is -2.56. The van der Waals surface area contributed by atoms with Crippen molar-refractivity contribution < 1.29 is 6.16 Å². The summed E-state index contributed by atoms with van der Waals surface area (Å²) in [7, 11) is 0. The highest BCUT2D eigenvalue weighted by molar-refractivity contribution is 5.64. The maximum Gasteiger partial charge on any atom is 0.246 e. The molecule has 5 rings (SSSR count). The minimum atomic E-state index is 0. The molecule has 2 saturated heterocycles. The zero-order chi connectivity index (χ0) is 20.5. The molecule has 0 aliphatic carbocycles. The zero-order valence-corrected chi connectivity index (χ0v) is 17.6. The van der Waals surface area contributed by atoms with Crippen molar-refractivity contribution >= 4 is 17.3 Å². The van der Waals surface area contributed by atoms with Gasteiger partial charge in [0.05, 0.1) is 24.9 Å². The van der Waals surface area contributed by atoms with Gasteiger partial charge in [0.2, 0.25) is 5.95 Å². The summed E-state index contributed by atoms with van der Waals surface area (Å²) < 4.78 is 7.16.